The van der Waals surface area contributed by atoms with Crippen molar-refractivity contribution < 1.29 is 24.2 Å². The number of carbonyl (C=O) groups excluding carboxylic acids is 1. The van der Waals surface area contributed by atoms with Gasteiger partial charge in [0, 0.05) is 23.4 Å². The lowest BCUT2D eigenvalue weighted by molar-refractivity contribution is -0.133. The van der Waals surface area contributed by atoms with Gasteiger partial charge in [-0.15, -0.1) is 11.8 Å². The molecule has 0 fully saturated rings. The van der Waals surface area contributed by atoms with Crippen LogP contribution in [0.3, 0.4) is 0 Å². The smallest absolute Gasteiger partial charge is 0.313 e. The van der Waals surface area contributed by atoms with Gasteiger partial charge in [-0.2, -0.15) is 0 Å². The van der Waals surface area contributed by atoms with E-state index in [1.165, 1.54) is 11.8 Å². The number of carbonyl (C=O) groups is 2. The van der Waals surface area contributed by atoms with E-state index in [0.717, 1.165) is 12.0 Å². The summed E-state index contributed by atoms with van der Waals surface area (Å²) >= 11 is 1.31. The predicted molar refractivity (Wildman–Crippen MR) is 100 cm³/mol. The summed E-state index contributed by atoms with van der Waals surface area (Å²) in [6.45, 7) is 1.17. The Hall–Kier alpha value is -2.67. The number of aliphatic carboxylic acids is 1. The molecule has 1 aliphatic heterocycles. The summed E-state index contributed by atoms with van der Waals surface area (Å²) in [6, 6.07) is 12.5. The van der Waals surface area contributed by atoms with Crippen LogP contribution < -0.4 is 14.8 Å². The Balaban J connectivity index is 1.66. The van der Waals surface area contributed by atoms with Crippen LogP contribution in [0.2, 0.25) is 0 Å². The van der Waals surface area contributed by atoms with Gasteiger partial charge < -0.3 is 19.9 Å². The lowest BCUT2D eigenvalue weighted by Crippen LogP contribution is -2.12. The highest BCUT2D eigenvalue weighted by molar-refractivity contribution is 7.99. The Labute approximate surface area is 155 Å². The molecule has 6 nitrogen and oxygen atoms in total. The zero-order chi connectivity index (χ0) is 18.4. The number of fused-ring (bicyclic) bond motifs is 1. The molecule has 7 heteroatoms. The van der Waals surface area contributed by atoms with Crippen molar-refractivity contribution in [1.82, 2.24) is 0 Å². The minimum absolute atomic E-state index is 0.0494. The van der Waals surface area contributed by atoms with E-state index in [4.69, 9.17) is 14.6 Å². The van der Waals surface area contributed by atoms with E-state index < -0.39 is 5.97 Å². The third kappa shape index (κ3) is 4.92. The van der Waals surface area contributed by atoms with Crippen LogP contribution in [0.25, 0.3) is 0 Å². The van der Waals surface area contributed by atoms with Crippen LogP contribution in [0.5, 0.6) is 11.5 Å². The van der Waals surface area contributed by atoms with Crippen LogP contribution in [0, 0.1) is 0 Å². The van der Waals surface area contributed by atoms with Gasteiger partial charge in [-0.3, -0.25) is 9.59 Å². The highest BCUT2D eigenvalue weighted by atomic mass is 32.2. The fourth-order valence-corrected chi connectivity index (χ4v) is 3.19. The summed E-state index contributed by atoms with van der Waals surface area (Å²) < 4.78 is 11.2. The number of carboxylic acid groups (broad SMARTS) is 1. The summed E-state index contributed by atoms with van der Waals surface area (Å²) in [6.07, 6.45) is 0.808. The van der Waals surface area contributed by atoms with Gasteiger partial charge in [0.05, 0.1) is 19.0 Å². The molecule has 1 heterocycles. The zero-order valence-electron chi connectivity index (χ0n) is 14.1. The lowest BCUT2D eigenvalue weighted by atomic mass is 10.1. The Morgan fingerprint density at radius 3 is 2.69 bits per heavy atom. The van der Waals surface area contributed by atoms with E-state index in [1.54, 1.807) is 24.3 Å². The molecule has 1 amide bonds. The number of amides is 1. The lowest BCUT2D eigenvalue weighted by Gasteiger charge is -2.10. The second-order valence-corrected chi connectivity index (χ2v) is 6.74. The summed E-state index contributed by atoms with van der Waals surface area (Å²) in [7, 11) is 0. The van der Waals surface area contributed by atoms with E-state index >= 15 is 0 Å². The van der Waals surface area contributed by atoms with Crippen molar-refractivity contribution in [2.75, 3.05) is 24.3 Å². The van der Waals surface area contributed by atoms with Crippen LogP contribution in [0.4, 0.5) is 5.69 Å². The average Bonchev–Trinajstić information content (AvgIpc) is 2.86. The first-order valence-corrected chi connectivity index (χ1v) is 9.37. The van der Waals surface area contributed by atoms with Gasteiger partial charge in [-0.05, 0) is 35.9 Å². The van der Waals surface area contributed by atoms with Crippen LogP contribution in [0.15, 0.2) is 42.5 Å². The van der Waals surface area contributed by atoms with Crippen molar-refractivity contribution in [3.05, 3.63) is 53.6 Å². The SMILES string of the molecule is O=C(O)CSCc1cccc(NC(=O)c2ccc3c(c2)OCCCO3)c1. The number of ether oxygens (including phenoxy) is 2. The summed E-state index contributed by atoms with van der Waals surface area (Å²) in [4.78, 5) is 23.1. The molecule has 0 saturated heterocycles. The van der Waals surface area contributed by atoms with Crippen molar-refractivity contribution in [1.29, 1.82) is 0 Å². The van der Waals surface area contributed by atoms with Crippen molar-refractivity contribution >= 4 is 29.3 Å². The molecular weight excluding hydrogens is 354 g/mol. The number of benzene rings is 2. The molecular formula is C19H19NO5S. The van der Waals surface area contributed by atoms with Crippen LogP contribution in [0.1, 0.15) is 22.3 Å². The van der Waals surface area contributed by atoms with Crippen molar-refractivity contribution in [2.24, 2.45) is 0 Å². The molecule has 0 saturated carbocycles. The Kier molecular flexibility index (Phi) is 6.01. The standard InChI is InChI=1S/C19H19NO5S/c21-18(22)12-26-11-13-3-1-4-15(9-13)20-19(23)14-5-6-16-17(10-14)25-8-2-7-24-16/h1,3-6,9-10H,2,7-8,11-12H2,(H,20,23)(H,21,22). The first-order chi connectivity index (χ1) is 12.6. The maximum atomic E-state index is 12.5. The molecule has 0 spiro atoms. The molecule has 0 aromatic heterocycles. The third-order valence-electron chi connectivity index (χ3n) is 3.69. The van der Waals surface area contributed by atoms with Crippen LogP contribution in [-0.2, 0) is 10.5 Å². The summed E-state index contributed by atoms with van der Waals surface area (Å²) in [5, 5.41) is 11.6. The molecule has 0 radical (unpaired) electrons. The van der Waals surface area contributed by atoms with Crippen molar-refractivity contribution in [2.45, 2.75) is 12.2 Å². The molecule has 0 atom stereocenters. The monoisotopic (exact) mass is 373 g/mol. The number of rotatable bonds is 6. The van der Waals surface area contributed by atoms with E-state index in [-0.39, 0.29) is 11.7 Å². The minimum atomic E-state index is -0.839. The average molecular weight is 373 g/mol. The Bertz CT molecular complexity index is 808. The van der Waals surface area contributed by atoms with Crippen molar-refractivity contribution in [3.8, 4) is 11.5 Å². The summed E-state index contributed by atoms with van der Waals surface area (Å²) in [5.74, 6) is 0.767. The van der Waals surface area contributed by atoms with E-state index in [1.807, 2.05) is 18.2 Å². The molecule has 0 unspecified atom stereocenters. The molecule has 136 valence electrons. The highest BCUT2D eigenvalue weighted by Gasteiger charge is 2.14. The molecule has 2 aromatic rings. The number of nitrogens with one attached hydrogen (secondary N) is 1. The van der Waals surface area contributed by atoms with Gasteiger partial charge in [-0.25, -0.2) is 0 Å². The molecule has 1 aliphatic rings. The first kappa shape index (κ1) is 18.1. The van der Waals surface area contributed by atoms with Gasteiger partial charge in [0.25, 0.3) is 5.91 Å². The van der Waals surface area contributed by atoms with E-state index in [0.29, 0.717) is 41.7 Å². The fraction of sp³-hybridized carbons (Fsp3) is 0.263. The Morgan fingerprint density at radius 1 is 1.08 bits per heavy atom. The van der Waals surface area contributed by atoms with Gasteiger partial charge in [0.2, 0.25) is 0 Å². The molecule has 0 aliphatic carbocycles. The van der Waals surface area contributed by atoms with E-state index in [9.17, 15) is 9.59 Å². The molecule has 26 heavy (non-hydrogen) atoms. The van der Waals surface area contributed by atoms with Crippen LogP contribution >= 0.6 is 11.8 Å². The number of hydrogen-bond donors (Lipinski definition) is 2. The molecule has 0 bridgehead atoms. The predicted octanol–water partition coefficient (Wildman–Crippen LogP) is 3.42. The fourth-order valence-electron chi connectivity index (χ4n) is 2.50. The maximum Gasteiger partial charge on any atom is 0.313 e. The number of thioether (sulfide) groups is 1. The summed E-state index contributed by atoms with van der Waals surface area (Å²) in [5.41, 5.74) is 2.10. The number of anilines is 1. The number of carboxylic acids is 1. The maximum absolute atomic E-state index is 12.5. The van der Waals surface area contributed by atoms with E-state index in [2.05, 4.69) is 5.32 Å². The second kappa shape index (κ2) is 8.62. The van der Waals surface area contributed by atoms with Gasteiger partial charge in [0.1, 0.15) is 0 Å². The quantitative estimate of drug-likeness (QED) is 0.807. The second-order valence-electron chi connectivity index (χ2n) is 5.75. The minimum Gasteiger partial charge on any atom is -0.490 e. The largest absolute Gasteiger partial charge is 0.490 e. The topological polar surface area (TPSA) is 84.9 Å². The molecule has 2 N–H and O–H groups in total. The zero-order valence-corrected chi connectivity index (χ0v) is 14.9. The molecule has 3 rings (SSSR count). The number of hydrogen-bond acceptors (Lipinski definition) is 5. The van der Waals surface area contributed by atoms with Crippen LogP contribution in [-0.4, -0.2) is 35.9 Å². The Morgan fingerprint density at radius 2 is 1.88 bits per heavy atom. The van der Waals surface area contributed by atoms with Gasteiger partial charge in [0.15, 0.2) is 11.5 Å². The molecule has 2 aromatic carbocycles. The third-order valence-corrected chi connectivity index (χ3v) is 4.68. The first-order valence-electron chi connectivity index (χ1n) is 8.21. The highest BCUT2D eigenvalue weighted by Crippen LogP contribution is 2.30. The van der Waals surface area contributed by atoms with Gasteiger partial charge >= 0.3 is 5.97 Å². The van der Waals surface area contributed by atoms with Gasteiger partial charge in [-0.1, -0.05) is 12.1 Å². The van der Waals surface area contributed by atoms with Crippen molar-refractivity contribution in [3.63, 3.8) is 0 Å². The normalized spacial score (nSPS) is 12.9.